The Morgan fingerprint density at radius 2 is 1.68 bits per heavy atom. The van der Waals surface area contributed by atoms with Crippen LogP contribution in [0.2, 0.25) is 5.02 Å². The molecular formula is C14H14ClN3O2S2. The van der Waals surface area contributed by atoms with E-state index in [0.717, 1.165) is 0 Å². The zero-order valence-electron chi connectivity index (χ0n) is 11.6. The van der Waals surface area contributed by atoms with Crippen LogP contribution in [0.4, 0.5) is 11.4 Å². The number of para-hydroxylation sites is 1. The second-order valence-corrected chi connectivity index (χ2v) is 6.99. The average Bonchev–Trinajstić information content (AvgIpc) is 2.50. The quantitative estimate of drug-likeness (QED) is 0.735. The Balaban J connectivity index is 2.05. The van der Waals surface area contributed by atoms with Crippen molar-refractivity contribution in [1.29, 1.82) is 0 Å². The zero-order chi connectivity index (χ0) is 16.2. The van der Waals surface area contributed by atoms with E-state index >= 15 is 0 Å². The van der Waals surface area contributed by atoms with Gasteiger partial charge in [-0.15, -0.1) is 0 Å². The maximum Gasteiger partial charge on any atom is 0.240 e. The van der Waals surface area contributed by atoms with E-state index in [1.54, 1.807) is 24.3 Å². The summed E-state index contributed by atoms with van der Waals surface area (Å²) in [6.07, 6.45) is 0. The maximum absolute atomic E-state index is 11.6. The summed E-state index contributed by atoms with van der Waals surface area (Å²) < 4.78 is 25.5. The number of halogens is 1. The van der Waals surface area contributed by atoms with Gasteiger partial charge in [0.1, 0.15) is 0 Å². The summed E-state index contributed by atoms with van der Waals surface area (Å²) >= 11 is 11.2. The maximum atomic E-state index is 11.6. The molecule has 22 heavy (non-hydrogen) atoms. The van der Waals surface area contributed by atoms with Crippen LogP contribution in [0, 0.1) is 0 Å². The Morgan fingerprint density at radius 3 is 2.27 bits per heavy atom. The zero-order valence-corrected chi connectivity index (χ0v) is 14.0. The van der Waals surface area contributed by atoms with Crippen molar-refractivity contribution < 1.29 is 8.42 Å². The number of hydrogen-bond donors (Lipinski definition) is 3. The molecule has 116 valence electrons. The van der Waals surface area contributed by atoms with E-state index in [2.05, 4.69) is 15.4 Å². The van der Waals surface area contributed by atoms with Gasteiger partial charge in [0.05, 0.1) is 15.6 Å². The molecule has 2 aromatic carbocycles. The van der Waals surface area contributed by atoms with E-state index in [1.807, 2.05) is 12.1 Å². The van der Waals surface area contributed by atoms with Crippen molar-refractivity contribution in [3.63, 3.8) is 0 Å². The van der Waals surface area contributed by atoms with Crippen molar-refractivity contribution in [2.24, 2.45) is 0 Å². The van der Waals surface area contributed by atoms with Crippen LogP contribution >= 0.6 is 23.8 Å². The summed E-state index contributed by atoms with van der Waals surface area (Å²) in [4.78, 5) is 0.186. The molecule has 0 radical (unpaired) electrons. The molecule has 0 unspecified atom stereocenters. The SMILES string of the molecule is CNS(=O)(=O)c1ccc(NC(=S)Nc2ccccc2Cl)cc1. The van der Waals surface area contributed by atoms with Gasteiger partial charge in [0, 0.05) is 5.69 Å². The van der Waals surface area contributed by atoms with Crippen LogP contribution in [0.3, 0.4) is 0 Å². The van der Waals surface area contributed by atoms with Gasteiger partial charge in [0.2, 0.25) is 10.0 Å². The largest absolute Gasteiger partial charge is 0.332 e. The topological polar surface area (TPSA) is 70.2 Å². The van der Waals surface area contributed by atoms with Crippen molar-refractivity contribution in [2.45, 2.75) is 4.90 Å². The fourth-order valence-electron chi connectivity index (χ4n) is 1.68. The summed E-state index contributed by atoms with van der Waals surface area (Å²) in [7, 11) is -2.08. The molecule has 2 rings (SSSR count). The van der Waals surface area contributed by atoms with Crippen LogP contribution < -0.4 is 15.4 Å². The minimum Gasteiger partial charge on any atom is -0.332 e. The first-order chi connectivity index (χ1) is 10.4. The molecule has 8 heteroatoms. The molecule has 0 aromatic heterocycles. The van der Waals surface area contributed by atoms with Crippen molar-refractivity contribution in [3.8, 4) is 0 Å². The Labute approximate surface area is 139 Å². The van der Waals surface area contributed by atoms with E-state index in [-0.39, 0.29) is 4.90 Å². The molecule has 0 fully saturated rings. The summed E-state index contributed by atoms with van der Waals surface area (Å²) in [6, 6.07) is 13.5. The van der Waals surface area contributed by atoms with E-state index < -0.39 is 10.0 Å². The number of sulfonamides is 1. The van der Waals surface area contributed by atoms with Crippen molar-refractivity contribution in [2.75, 3.05) is 17.7 Å². The molecule has 0 aliphatic carbocycles. The van der Waals surface area contributed by atoms with Crippen LogP contribution in [-0.2, 0) is 10.0 Å². The molecule has 0 aliphatic rings. The molecule has 0 amide bonds. The van der Waals surface area contributed by atoms with Crippen molar-refractivity contribution in [3.05, 3.63) is 53.6 Å². The molecular weight excluding hydrogens is 342 g/mol. The van der Waals surface area contributed by atoms with Gasteiger partial charge in [-0.1, -0.05) is 23.7 Å². The third kappa shape index (κ3) is 4.17. The minimum atomic E-state index is -3.44. The molecule has 0 saturated carbocycles. The molecule has 0 saturated heterocycles. The Morgan fingerprint density at radius 1 is 1.05 bits per heavy atom. The van der Waals surface area contributed by atoms with Crippen LogP contribution in [0.25, 0.3) is 0 Å². The third-order valence-electron chi connectivity index (χ3n) is 2.81. The number of benzene rings is 2. The number of anilines is 2. The molecule has 3 N–H and O–H groups in total. The summed E-state index contributed by atoms with van der Waals surface area (Å²) in [5.41, 5.74) is 1.36. The first-order valence-corrected chi connectivity index (χ1v) is 8.55. The van der Waals surface area contributed by atoms with Crippen LogP contribution in [0.15, 0.2) is 53.4 Å². The lowest BCUT2D eigenvalue weighted by molar-refractivity contribution is 0.588. The van der Waals surface area contributed by atoms with E-state index in [0.29, 0.717) is 21.5 Å². The number of rotatable bonds is 4. The molecule has 5 nitrogen and oxygen atoms in total. The monoisotopic (exact) mass is 355 g/mol. The lowest BCUT2D eigenvalue weighted by Crippen LogP contribution is -2.20. The van der Waals surface area contributed by atoms with Gasteiger partial charge in [-0.3, -0.25) is 0 Å². The number of thiocarbonyl (C=S) groups is 1. The highest BCUT2D eigenvalue weighted by molar-refractivity contribution is 7.89. The molecule has 0 spiro atoms. The lowest BCUT2D eigenvalue weighted by atomic mass is 10.3. The minimum absolute atomic E-state index is 0.186. The van der Waals surface area contributed by atoms with Gasteiger partial charge in [-0.25, -0.2) is 13.1 Å². The summed E-state index contributed by atoms with van der Waals surface area (Å²) in [6.45, 7) is 0. The van der Waals surface area contributed by atoms with Gasteiger partial charge in [0.15, 0.2) is 5.11 Å². The molecule has 0 atom stereocenters. The first kappa shape index (κ1) is 16.7. The number of hydrogen-bond acceptors (Lipinski definition) is 3. The Hall–Kier alpha value is -1.67. The van der Waals surface area contributed by atoms with E-state index in [9.17, 15) is 8.42 Å². The van der Waals surface area contributed by atoms with Crippen molar-refractivity contribution in [1.82, 2.24) is 4.72 Å². The second kappa shape index (κ2) is 7.06. The highest BCUT2D eigenvalue weighted by Gasteiger charge is 2.10. The third-order valence-corrected chi connectivity index (χ3v) is 4.78. The fraction of sp³-hybridized carbons (Fsp3) is 0.0714. The smallest absolute Gasteiger partial charge is 0.240 e. The predicted octanol–water partition coefficient (Wildman–Crippen LogP) is 3.06. The molecule has 0 heterocycles. The highest BCUT2D eigenvalue weighted by atomic mass is 35.5. The molecule has 0 bridgehead atoms. The van der Waals surface area contributed by atoms with Crippen LogP contribution in [-0.4, -0.2) is 20.6 Å². The Bertz CT molecular complexity index is 777. The normalized spacial score (nSPS) is 11.0. The summed E-state index contributed by atoms with van der Waals surface area (Å²) in [5, 5.41) is 6.85. The average molecular weight is 356 g/mol. The standard InChI is InChI=1S/C14H14ClN3O2S2/c1-16-22(19,20)11-8-6-10(7-9-11)17-14(21)18-13-5-3-2-4-12(13)15/h2-9,16H,1H3,(H2,17,18,21). The van der Waals surface area contributed by atoms with E-state index in [4.69, 9.17) is 23.8 Å². The predicted molar refractivity (Wildman–Crippen MR) is 94.0 cm³/mol. The highest BCUT2D eigenvalue weighted by Crippen LogP contribution is 2.21. The van der Waals surface area contributed by atoms with Gasteiger partial charge in [0.25, 0.3) is 0 Å². The van der Waals surface area contributed by atoms with Gasteiger partial charge in [-0.2, -0.15) is 0 Å². The van der Waals surface area contributed by atoms with Crippen LogP contribution in [0.5, 0.6) is 0 Å². The summed E-state index contributed by atoms with van der Waals surface area (Å²) in [5.74, 6) is 0. The van der Waals surface area contributed by atoms with Gasteiger partial charge < -0.3 is 10.6 Å². The number of nitrogens with one attached hydrogen (secondary N) is 3. The van der Waals surface area contributed by atoms with Crippen LogP contribution in [0.1, 0.15) is 0 Å². The molecule has 2 aromatic rings. The van der Waals surface area contributed by atoms with Crippen molar-refractivity contribution >= 4 is 50.3 Å². The van der Waals surface area contributed by atoms with E-state index in [1.165, 1.54) is 19.2 Å². The Kier molecular flexibility index (Phi) is 5.36. The van der Waals surface area contributed by atoms with Gasteiger partial charge >= 0.3 is 0 Å². The lowest BCUT2D eigenvalue weighted by Gasteiger charge is -2.12. The van der Waals surface area contributed by atoms with Gasteiger partial charge in [-0.05, 0) is 55.7 Å². The molecule has 0 aliphatic heterocycles. The second-order valence-electron chi connectivity index (χ2n) is 4.29. The first-order valence-electron chi connectivity index (χ1n) is 6.28. The fourth-order valence-corrected chi connectivity index (χ4v) is 2.82.